The molecule has 0 radical (unpaired) electrons. The number of carbonyl (C=O) groups excluding carboxylic acids is 1. The molecule has 2 unspecified atom stereocenters. The third-order valence-electron chi connectivity index (χ3n) is 4.57. The Morgan fingerprint density at radius 1 is 1.38 bits per heavy atom. The van der Waals surface area contributed by atoms with E-state index in [0.717, 1.165) is 5.56 Å². The van der Waals surface area contributed by atoms with Crippen molar-refractivity contribution in [1.29, 1.82) is 0 Å². The molecule has 114 valence electrons. The van der Waals surface area contributed by atoms with Gasteiger partial charge in [0.05, 0.1) is 10.7 Å². The Bertz CT molecular complexity index is 710. The summed E-state index contributed by atoms with van der Waals surface area (Å²) >= 11 is 0. The topological polar surface area (TPSA) is 63.2 Å². The maximum atomic E-state index is 13.4. The van der Waals surface area contributed by atoms with Crippen molar-refractivity contribution in [1.82, 2.24) is 4.72 Å². The van der Waals surface area contributed by atoms with E-state index in [4.69, 9.17) is 0 Å². The van der Waals surface area contributed by atoms with E-state index in [0.29, 0.717) is 24.8 Å². The summed E-state index contributed by atoms with van der Waals surface area (Å²) in [6.45, 7) is 3.65. The molecule has 2 aliphatic carbocycles. The SMILES string of the molecule is Cc1ccc(F)cc1C1(C(=O)NS(=O)(=O)C2CC2C)CC1. The van der Waals surface area contributed by atoms with Crippen LogP contribution in [0.3, 0.4) is 0 Å². The number of hydrogen-bond acceptors (Lipinski definition) is 3. The first-order chi connectivity index (χ1) is 9.76. The minimum Gasteiger partial charge on any atom is -0.273 e. The molecule has 1 aromatic rings. The smallest absolute Gasteiger partial charge is 0.244 e. The number of benzene rings is 1. The molecule has 0 aromatic heterocycles. The first kappa shape index (κ1) is 14.5. The van der Waals surface area contributed by atoms with Crippen molar-refractivity contribution < 1.29 is 17.6 Å². The van der Waals surface area contributed by atoms with Crippen molar-refractivity contribution in [3.8, 4) is 0 Å². The van der Waals surface area contributed by atoms with E-state index in [9.17, 15) is 17.6 Å². The van der Waals surface area contributed by atoms with Crippen molar-refractivity contribution in [3.63, 3.8) is 0 Å². The minimum absolute atomic E-state index is 0.0985. The number of amides is 1. The van der Waals surface area contributed by atoms with Crippen LogP contribution in [0, 0.1) is 18.7 Å². The van der Waals surface area contributed by atoms with Crippen LogP contribution in [0.4, 0.5) is 4.39 Å². The third-order valence-corrected chi connectivity index (χ3v) is 6.49. The van der Waals surface area contributed by atoms with Gasteiger partial charge in [0.15, 0.2) is 0 Å². The third kappa shape index (κ3) is 2.46. The molecule has 6 heteroatoms. The Balaban J connectivity index is 1.86. The second-order valence-corrected chi connectivity index (χ2v) is 8.17. The predicted molar refractivity (Wildman–Crippen MR) is 76.7 cm³/mol. The van der Waals surface area contributed by atoms with Crippen LogP contribution in [-0.2, 0) is 20.2 Å². The van der Waals surface area contributed by atoms with E-state index in [-0.39, 0.29) is 5.92 Å². The molecule has 21 heavy (non-hydrogen) atoms. The zero-order valence-electron chi connectivity index (χ0n) is 12.0. The van der Waals surface area contributed by atoms with Crippen molar-refractivity contribution in [3.05, 3.63) is 35.1 Å². The quantitative estimate of drug-likeness (QED) is 0.925. The Kier molecular flexibility index (Phi) is 3.13. The van der Waals surface area contributed by atoms with Crippen LogP contribution in [0.2, 0.25) is 0 Å². The monoisotopic (exact) mass is 311 g/mol. The lowest BCUT2D eigenvalue weighted by atomic mass is 9.91. The summed E-state index contributed by atoms with van der Waals surface area (Å²) in [4.78, 5) is 12.4. The van der Waals surface area contributed by atoms with E-state index in [1.165, 1.54) is 12.1 Å². The zero-order valence-corrected chi connectivity index (χ0v) is 12.8. The summed E-state index contributed by atoms with van der Waals surface area (Å²) < 4.78 is 39.8. The Hall–Kier alpha value is -1.43. The van der Waals surface area contributed by atoms with Crippen molar-refractivity contribution in [2.45, 2.75) is 43.8 Å². The number of sulfonamides is 1. The summed E-state index contributed by atoms with van der Waals surface area (Å²) in [5.74, 6) is -0.829. The highest BCUT2D eigenvalue weighted by molar-refractivity contribution is 7.91. The van der Waals surface area contributed by atoms with Gasteiger partial charge in [0.1, 0.15) is 5.82 Å². The largest absolute Gasteiger partial charge is 0.273 e. The summed E-state index contributed by atoms with van der Waals surface area (Å²) in [7, 11) is -3.60. The maximum Gasteiger partial charge on any atom is 0.244 e. The average Bonchev–Trinajstić information content (AvgIpc) is 3.27. The van der Waals surface area contributed by atoms with Gasteiger partial charge in [-0.15, -0.1) is 0 Å². The van der Waals surface area contributed by atoms with Crippen LogP contribution in [0.5, 0.6) is 0 Å². The van der Waals surface area contributed by atoms with E-state index >= 15 is 0 Å². The van der Waals surface area contributed by atoms with Gasteiger partial charge in [-0.3, -0.25) is 9.52 Å². The highest BCUT2D eigenvalue weighted by Crippen LogP contribution is 2.50. The molecule has 0 heterocycles. The van der Waals surface area contributed by atoms with E-state index in [2.05, 4.69) is 4.72 Å². The Labute approximate surface area is 123 Å². The fourth-order valence-corrected chi connectivity index (χ4v) is 4.65. The summed E-state index contributed by atoms with van der Waals surface area (Å²) in [6, 6.07) is 4.30. The fraction of sp³-hybridized carbons (Fsp3) is 0.533. The molecule has 4 nitrogen and oxygen atoms in total. The number of hydrogen-bond donors (Lipinski definition) is 1. The number of halogens is 1. The van der Waals surface area contributed by atoms with Gasteiger partial charge in [0.25, 0.3) is 0 Å². The van der Waals surface area contributed by atoms with Gasteiger partial charge in [-0.1, -0.05) is 13.0 Å². The Morgan fingerprint density at radius 3 is 2.52 bits per heavy atom. The van der Waals surface area contributed by atoms with Gasteiger partial charge in [-0.05, 0) is 55.4 Å². The second-order valence-electron chi connectivity index (χ2n) is 6.27. The molecule has 1 N–H and O–H groups in total. The van der Waals surface area contributed by atoms with E-state index < -0.39 is 32.4 Å². The zero-order chi connectivity index (χ0) is 15.4. The molecule has 1 aromatic carbocycles. The molecular weight excluding hydrogens is 293 g/mol. The van der Waals surface area contributed by atoms with Crippen LogP contribution in [0.25, 0.3) is 0 Å². The van der Waals surface area contributed by atoms with Crippen LogP contribution < -0.4 is 4.72 Å². The highest BCUT2D eigenvalue weighted by Gasteiger charge is 2.55. The molecule has 1 amide bonds. The normalized spacial score (nSPS) is 26.2. The van der Waals surface area contributed by atoms with Crippen LogP contribution in [0.1, 0.15) is 37.3 Å². The van der Waals surface area contributed by atoms with Crippen molar-refractivity contribution in [2.24, 2.45) is 5.92 Å². The van der Waals surface area contributed by atoms with Crippen molar-refractivity contribution in [2.75, 3.05) is 0 Å². The van der Waals surface area contributed by atoms with Crippen molar-refractivity contribution >= 4 is 15.9 Å². The van der Waals surface area contributed by atoms with Gasteiger partial charge in [-0.2, -0.15) is 0 Å². The number of nitrogens with one attached hydrogen (secondary N) is 1. The molecule has 0 aliphatic heterocycles. The average molecular weight is 311 g/mol. The molecule has 2 aliphatic rings. The van der Waals surface area contributed by atoms with Gasteiger partial charge in [-0.25, -0.2) is 12.8 Å². The summed E-state index contributed by atoms with van der Waals surface area (Å²) in [6.07, 6.45) is 1.70. The highest BCUT2D eigenvalue weighted by atomic mass is 32.2. The summed E-state index contributed by atoms with van der Waals surface area (Å²) in [5, 5.41) is -0.467. The van der Waals surface area contributed by atoms with Gasteiger partial charge in [0, 0.05) is 0 Å². The minimum atomic E-state index is -3.60. The molecular formula is C15H18FNO3S. The van der Waals surface area contributed by atoms with Crippen LogP contribution in [0.15, 0.2) is 18.2 Å². The van der Waals surface area contributed by atoms with Crippen LogP contribution in [-0.4, -0.2) is 19.6 Å². The molecule has 0 saturated heterocycles. The molecule has 3 rings (SSSR count). The lowest BCUT2D eigenvalue weighted by Gasteiger charge is -2.18. The predicted octanol–water partition coefficient (Wildman–Crippen LogP) is 2.02. The lowest BCUT2D eigenvalue weighted by molar-refractivity contribution is -0.121. The first-order valence-corrected chi connectivity index (χ1v) is 8.63. The lowest BCUT2D eigenvalue weighted by Crippen LogP contribution is -2.41. The molecule has 2 fully saturated rings. The fourth-order valence-electron chi connectivity index (χ4n) is 2.88. The second kappa shape index (κ2) is 4.53. The molecule has 2 atom stereocenters. The standard InChI is InChI=1S/C15H18FNO3S/c1-9-3-4-11(16)8-12(9)15(5-6-15)14(18)17-21(19,20)13-7-10(13)2/h3-4,8,10,13H,5-7H2,1-2H3,(H,17,18). The van der Waals surface area contributed by atoms with Gasteiger partial charge in [0.2, 0.25) is 15.9 Å². The summed E-state index contributed by atoms with van der Waals surface area (Å²) in [5.41, 5.74) is 0.525. The van der Waals surface area contributed by atoms with Gasteiger partial charge < -0.3 is 0 Å². The van der Waals surface area contributed by atoms with E-state index in [1.807, 2.05) is 6.92 Å². The number of carbonyl (C=O) groups is 1. The maximum absolute atomic E-state index is 13.4. The molecule has 0 spiro atoms. The number of rotatable bonds is 4. The molecule has 2 saturated carbocycles. The first-order valence-electron chi connectivity index (χ1n) is 7.09. The van der Waals surface area contributed by atoms with E-state index in [1.54, 1.807) is 13.0 Å². The molecule has 0 bridgehead atoms. The number of aryl methyl sites for hydroxylation is 1. The van der Waals surface area contributed by atoms with Gasteiger partial charge >= 0.3 is 0 Å². The van der Waals surface area contributed by atoms with Crippen LogP contribution >= 0.6 is 0 Å². The Morgan fingerprint density at radius 2 is 2.00 bits per heavy atom.